The molecule has 2 aromatic carbocycles. The summed E-state index contributed by atoms with van der Waals surface area (Å²) in [5, 5.41) is 3.16. The quantitative estimate of drug-likeness (QED) is 0.901. The van der Waals surface area contributed by atoms with Gasteiger partial charge in [0.25, 0.3) is 0 Å². The Labute approximate surface area is 115 Å². The van der Waals surface area contributed by atoms with Gasteiger partial charge in [-0.3, -0.25) is 4.90 Å². The van der Waals surface area contributed by atoms with Crippen LogP contribution in [0.5, 0.6) is 0 Å². The standard InChI is InChI=1S/C17H20N2/c1-18-17-8-6-14(7-9-17)12-19-11-10-15-4-2-3-5-16(15)13-19/h2-9,18H,10-13H2,1H3. The van der Waals surface area contributed by atoms with Crippen LogP contribution >= 0.6 is 0 Å². The first-order valence-electron chi connectivity index (χ1n) is 6.91. The summed E-state index contributed by atoms with van der Waals surface area (Å²) < 4.78 is 0. The number of nitrogens with one attached hydrogen (secondary N) is 1. The topological polar surface area (TPSA) is 15.3 Å². The van der Waals surface area contributed by atoms with Crippen LogP contribution < -0.4 is 5.32 Å². The van der Waals surface area contributed by atoms with Gasteiger partial charge in [-0.15, -0.1) is 0 Å². The van der Waals surface area contributed by atoms with E-state index in [-0.39, 0.29) is 0 Å². The molecule has 19 heavy (non-hydrogen) atoms. The van der Waals surface area contributed by atoms with Crippen molar-refractivity contribution < 1.29 is 0 Å². The van der Waals surface area contributed by atoms with Crippen LogP contribution in [0.4, 0.5) is 5.69 Å². The number of benzene rings is 2. The molecule has 3 rings (SSSR count). The minimum Gasteiger partial charge on any atom is -0.388 e. The molecule has 1 N–H and O–H groups in total. The highest BCUT2D eigenvalue weighted by Crippen LogP contribution is 2.20. The van der Waals surface area contributed by atoms with E-state index in [2.05, 4.69) is 58.7 Å². The van der Waals surface area contributed by atoms with E-state index in [1.54, 1.807) is 0 Å². The Morgan fingerprint density at radius 2 is 1.74 bits per heavy atom. The molecular formula is C17H20N2. The summed E-state index contributed by atoms with van der Waals surface area (Å²) in [7, 11) is 1.95. The number of anilines is 1. The molecular weight excluding hydrogens is 232 g/mol. The van der Waals surface area contributed by atoms with Crippen molar-refractivity contribution in [1.29, 1.82) is 0 Å². The maximum atomic E-state index is 3.16. The van der Waals surface area contributed by atoms with Crippen molar-refractivity contribution in [2.24, 2.45) is 0 Å². The third-order valence-electron chi connectivity index (χ3n) is 3.86. The van der Waals surface area contributed by atoms with Crippen molar-refractivity contribution in [2.45, 2.75) is 19.5 Å². The van der Waals surface area contributed by atoms with Gasteiger partial charge in [-0.25, -0.2) is 0 Å². The zero-order chi connectivity index (χ0) is 13.1. The lowest BCUT2D eigenvalue weighted by Crippen LogP contribution is -2.29. The molecule has 0 saturated carbocycles. The monoisotopic (exact) mass is 252 g/mol. The molecule has 0 unspecified atom stereocenters. The molecule has 0 fully saturated rings. The highest BCUT2D eigenvalue weighted by Gasteiger charge is 2.15. The van der Waals surface area contributed by atoms with E-state index in [4.69, 9.17) is 0 Å². The van der Waals surface area contributed by atoms with Crippen LogP contribution in [-0.2, 0) is 19.5 Å². The average Bonchev–Trinajstić information content (AvgIpc) is 2.48. The van der Waals surface area contributed by atoms with Gasteiger partial charge >= 0.3 is 0 Å². The predicted molar refractivity (Wildman–Crippen MR) is 80.2 cm³/mol. The van der Waals surface area contributed by atoms with Crippen LogP contribution in [0.25, 0.3) is 0 Å². The van der Waals surface area contributed by atoms with E-state index in [0.29, 0.717) is 0 Å². The number of fused-ring (bicyclic) bond motifs is 1. The van der Waals surface area contributed by atoms with E-state index in [1.165, 1.54) is 28.8 Å². The summed E-state index contributed by atoms with van der Waals surface area (Å²) in [4.78, 5) is 2.52. The summed E-state index contributed by atoms with van der Waals surface area (Å²) in [6, 6.07) is 17.5. The summed E-state index contributed by atoms with van der Waals surface area (Å²) in [5.41, 5.74) is 5.57. The van der Waals surface area contributed by atoms with Gasteiger partial charge in [0.05, 0.1) is 0 Å². The summed E-state index contributed by atoms with van der Waals surface area (Å²) >= 11 is 0. The van der Waals surface area contributed by atoms with Crippen molar-refractivity contribution in [3.8, 4) is 0 Å². The molecule has 1 aliphatic rings. The van der Waals surface area contributed by atoms with E-state index in [9.17, 15) is 0 Å². The fraction of sp³-hybridized carbons (Fsp3) is 0.294. The first-order chi connectivity index (χ1) is 9.35. The van der Waals surface area contributed by atoms with Crippen LogP contribution in [-0.4, -0.2) is 18.5 Å². The molecule has 0 spiro atoms. The Hall–Kier alpha value is -1.80. The normalized spacial score (nSPS) is 15.0. The lowest BCUT2D eigenvalue weighted by Gasteiger charge is -2.28. The van der Waals surface area contributed by atoms with Gasteiger partial charge in [0.1, 0.15) is 0 Å². The first-order valence-corrected chi connectivity index (χ1v) is 6.91. The lowest BCUT2D eigenvalue weighted by atomic mass is 9.99. The zero-order valence-electron chi connectivity index (χ0n) is 11.4. The minimum absolute atomic E-state index is 1.04. The highest BCUT2D eigenvalue weighted by molar-refractivity contribution is 5.43. The SMILES string of the molecule is CNc1ccc(CN2CCc3ccccc3C2)cc1. The number of rotatable bonds is 3. The molecule has 0 bridgehead atoms. The summed E-state index contributed by atoms with van der Waals surface area (Å²) in [5.74, 6) is 0. The van der Waals surface area contributed by atoms with Crippen LogP contribution in [0.3, 0.4) is 0 Å². The molecule has 0 saturated heterocycles. The Bertz CT molecular complexity index is 545. The van der Waals surface area contributed by atoms with Crippen molar-refractivity contribution >= 4 is 5.69 Å². The molecule has 98 valence electrons. The van der Waals surface area contributed by atoms with E-state index in [0.717, 1.165) is 19.6 Å². The van der Waals surface area contributed by atoms with Gasteiger partial charge in [0.2, 0.25) is 0 Å². The number of hydrogen-bond acceptors (Lipinski definition) is 2. The maximum Gasteiger partial charge on any atom is 0.0337 e. The summed E-state index contributed by atoms with van der Waals surface area (Å²) in [6.45, 7) is 3.27. The Balaban J connectivity index is 1.68. The van der Waals surface area contributed by atoms with Gasteiger partial charge in [-0.2, -0.15) is 0 Å². The van der Waals surface area contributed by atoms with Crippen LogP contribution in [0, 0.1) is 0 Å². The molecule has 0 aliphatic carbocycles. The van der Waals surface area contributed by atoms with E-state index in [1.807, 2.05) is 7.05 Å². The van der Waals surface area contributed by atoms with Gasteiger partial charge in [-0.05, 0) is 35.2 Å². The molecule has 1 heterocycles. The molecule has 0 atom stereocenters. The molecule has 2 aromatic rings. The van der Waals surface area contributed by atoms with Crippen LogP contribution in [0.1, 0.15) is 16.7 Å². The van der Waals surface area contributed by atoms with Crippen LogP contribution in [0.15, 0.2) is 48.5 Å². The van der Waals surface area contributed by atoms with E-state index < -0.39 is 0 Å². The van der Waals surface area contributed by atoms with Crippen molar-refractivity contribution in [3.05, 3.63) is 65.2 Å². The van der Waals surface area contributed by atoms with Gasteiger partial charge in [-0.1, -0.05) is 36.4 Å². The smallest absolute Gasteiger partial charge is 0.0337 e. The van der Waals surface area contributed by atoms with Crippen LogP contribution in [0.2, 0.25) is 0 Å². The Morgan fingerprint density at radius 1 is 1.00 bits per heavy atom. The second-order valence-electron chi connectivity index (χ2n) is 5.18. The van der Waals surface area contributed by atoms with E-state index >= 15 is 0 Å². The third-order valence-corrected chi connectivity index (χ3v) is 3.86. The second kappa shape index (κ2) is 5.45. The largest absolute Gasteiger partial charge is 0.388 e. The third kappa shape index (κ3) is 2.79. The van der Waals surface area contributed by atoms with Gasteiger partial charge < -0.3 is 5.32 Å². The first kappa shape index (κ1) is 12.2. The molecule has 2 heteroatoms. The molecule has 0 radical (unpaired) electrons. The highest BCUT2D eigenvalue weighted by atomic mass is 15.1. The van der Waals surface area contributed by atoms with Crippen molar-refractivity contribution in [3.63, 3.8) is 0 Å². The second-order valence-corrected chi connectivity index (χ2v) is 5.18. The lowest BCUT2D eigenvalue weighted by molar-refractivity contribution is 0.245. The molecule has 2 nitrogen and oxygen atoms in total. The number of hydrogen-bond donors (Lipinski definition) is 1. The average molecular weight is 252 g/mol. The minimum atomic E-state index is 1.04. The Kier molecular flexibility index (Phi) is 3.51. The fourth-order valence-corrected chi connectivity index (χ4v) is 2.72. The maximum absolute atomic E-state index is 3.16. The van der Waals surface area contributed by atoms with Crippen molar-refractivity contribution in [1.82, 2.24) is 4.90 Å². The molecule has 0 aromatic heterocycles. The van der Waals surface area contributed by atoms with Gasteiger partial charge in [0.15, 0.2) is 0 Å². The molecule has 0 amide bonds. The predicted octanol–water partition coefficient (Wildman–Crippen LogP) is 3.29. The fourth-order valence-electron chi connectivity index (χ4n) is 2.72. The number of nitrogens with zero attached hydrogens (tertiary/aromatic N) is 1. The van der Waals surface area contributed by atoms with Crippen molar-refractivity contribution in [2.75, 3.05) is 18.9 Å². The Morgan fingerprint density at radius 3 is 2.47 bits per heavy atom. The van der Waals surface area contributed by atoms with Gasteiger partial charge in [0, 0.05) is 32.4 Å². The zero-order valence-corrected chi connectivity index (χ0v) is 11.4. The molecule has 1 aliphatic heterocycles. The summed E-state index contributed by atoms with van der Waals surface area (Å²) in [6.07, 6.45) is 1.17.